The summed E-state index contributed by atoms with van der Waals surface area (Å²) in [6.45, 7) is 0. The first-order valence-electron chi connectivity index (χ1n) is 5.72. The zero-order valence-corrected chi connectivity index (χ0v) is 10.1. The molecule has 2 atom stereocenters. The van der Waals surface area contributed by atoms with Gasteiger partial charge >= 0.3 is 0 Å². The maximum Gasteiger partial charge on any atom is 0.175 e. The highest BCUT2D eigenvalue weighted by molar-refractivity contribution is 6.44. The molecule has 0 fully saturated rings. The van der Waals surface area contributed by atoms with Crippen LogP contribution in [0.2, 0.25) is 0 Å². The molecule has 80 valence electrons. The highest BCUT2D eigenvalue weighted by atomic mass is 16.7. The average molecular weight is 236 g/mol. The Balaban J connectivity index is 2.28. The second kappa shape index (κ2) is 3.84. The first-order chi connectivity index (χ1) is 8.74. The van der Waals surface area contributed by atoms with E-state index < -0.39 is 23.3 Å². The van der Waals surface area contributed by atoms with Gasteiger partial charge in [0.2, 0.25) is 0 Å². The summed E-state index contributed by atoms with van der Waals surface area (Å²) in [5.74, 6) is -0.713. The van der Waals surface area contributed by atoms with Crippen LogP contribution in [0.4, 0.5) is 0 Å². The van der Waals surface area contributed by atoms with Gasteiger partial charge in [0.15, 0.2) is 32.8 Å². The Morgan fingerprint density at radius 3 is 1.63 bits per heavy atom. The summed E-state index contributed by atoms with van der Waals surface area (Å²) in [6.07, 6.45) is 0. The van der Waals surface area contributed by atoms with E-state index in [1.807, 2.05) is 0 Å². The molecule has 1 aromatic rings. The van der Waals surface area contributed by atoms with Crippen LogP contribution >= 0.6 is 0 Å². The number of hydrogen-bond donors (Lipinski definition) is 1. The molecule has 19 heavy (non-hydrogen) atoms. The van der Waals surface area contributed by atoms with Gasteiger partial charge in [0, 0.05) is 6.04 Å². The van der Waals surface area contributed by atoms with Crippen LogP contribution in [0.5, 0.6) is 11.5 Å². The van der Waals surface area contributed by atoms with Crippen LogP contribution in [0.25, 0.3) is 0 Å². The molecule has 0 saturated heterocycles. The summed E-state index contributed by atoms with van der Waals surface area (Å²) in [6, 6.07) is -0.484. The molecule has 0 spiro atoms. The normalized spacial score (nSPS) is 30.3. The SMILES string of the molecule is [B]c1c2c(c([B])c3c1C([B])C(N)C3[B])OC([B])([B])O2. The third-order valence-corrected chi connectivity index (χ3v) is 3.59. The third kappa shape index (κ3) is 1.63. The van der Waals surface area contributed by atoms with Crippen molar-refractivity contribution in [2.45, 2.75) is 23.3 Å². The van der Waals surface area contributed by atoms with Crippen LogP contribution in [-0.4, -0.2) is 58.7 Å². The minimum absolute atomic E-state index is 0.179. The molecular formula is C10H5B6NO2. The summed E-state index contributed by atoms with van der Waals surface area (Å²) in [5.41, 5.74) is 5.77. The van der Waals surface area contributed by atoms with E-state index in [1.54, 1.807) is 0 Å². The number of hydrogen-bond acceptors (Lipinski definition) is 3. The van der Waals surface area contributed by atoms with Crippen molar-refractivity contribution >= 4 is 58.0 Å². The topological polar surface area (TPSA) is 44.5 Å². The lowest BCUT2D eigenvalue weighted by Gasteiger charge is -2.19. The van der Waals surface area contributed by atoms with Gasteiger partial charge in [0.1, 0.15) is 15.7 Å². The Kier molecular flexibility index (Phi) is 2.66. The van der Waals surface area contributed by atoms with Crippen LogP contribution in [-0.2, 0) is 0 Å². The maximum atomic E-state index is 6.03. The number of fused-ring (bicyclic) bond motifs is 2. The van der Waals surface area contributed by atoms with Crippen LogP contribution < -0.4 is 26.1 Å². The molecular weight excluding hydrogens is 231 g/mol. The van der Waals surface area contributed by atoms with Gasteiger partial charge in [-0.1, -0.05) is 11.1 Å². The number of ether oxygens (including phenoxy) is 2. The Morgan fingerprint density at radius 2 is 1.26 bits per heavy atom. The second-order valence-electron chi connectivity index (χ2n) is 4.87. The fourth-order valence-corrected chi connectivity index (χ4v) is 2.65. The fraction of sp³-hybridized carbons (Fsp3) is 0.400. The number of rotatable bonds is 0. The molecule has 3 nitrogen and oxygen atoms in total. The molecule has 12 radical (unpaired) electrons. The molecule has 1 aromatic carbocycles. The molecule has 0 bridgehead atoms. The van der Waals surface area contributed by atoms with Gasteiger partial charge in [0.05, 0.1) is 15.7 Å². The summed E-state index contributed by atoms with van der Waals surface area (Å²) in [7, 11) is 35.2. The predicted octanol–water partition coefficient (Wildman–Crippen LogP) is -3.25. The van der Waals surface area contributed by atoms with Crippen molar-refractivity contribution in [1.29, 1.82) is 0 Å². The molecule has 0 saturated carbocycles. The Morgan fingerprint density at radius 1 is 0.895 bits per heavy atom. The molecule has 2 aliphatic rings. The first-order valence-corrected chi connectivity index (χ1v) is 5.72. The molecule has 3 rings (SSSR count). The summed E-state index contributed by atoms with van der Waals surface area (Å²) in [5, 5.41) is 0. The number of benzene rings is 1. The van der Waals surface area contributed by atoms with Crippen molar-refractivity contribution in [2.24, 2.45) is 5.73 Å². The van der Waals surface area contributed by atoms with Crippen LogP contribution in [0.3, 0.4) is 0 Å². The van der Waals surface area contributed by atoms with Gasteiger partial charge in [-0.05, 0) is 22.6 Å². The highest BCUT2D eigenvalue weighted by Gasteiger charge is 2.41. The van der Waals surface area contributed by atoms with E-state index in [-0.39, 0.29) is 22.4 Å². The van der Waals surface area contributed by atoms with E-state index in [2.05, 4.69) is 0 Å². The lowest BCUT2D eigenvalue weighted by atomic mass is 9.72. The molecule has 0 aromatic heterocycles. The number of nitrogens with two attached hydrogens (primary N) is 1. The zero-order chi connectivity index (χ0) is 14.1. The van der Waals surface area contributed by atoms with Crippen molar-refractivity contribution in [3.8, 4) is 11.5 Å². The lowest BCUT2D eigenvalue weighted by Crippen LogP contribution is -2.40. The van der Waals surface area contributed by atoms with Gasteiger partial charge in [-0.15, -0.1) is 0 Å². The van der Waals surface area contributed by atoms with E-state index in [0.717, 1.165) is 0 Å². The zero-order valence-electron chi connectivity index (χ0n) is 10.1. The Bertz CT molecular complexity index is 531. The standard InChI is InChI=1S/C10H5B6NO2/c11-3-1-2(4(12)7(3)17)6(14)9-8(5(1)13)18-10(15,16)19-9/h3-4,7H,17H2. The van der Waals surface area contributed by atoms with Crippen molar-refractivity contribution in [1.82, 2.24) is 0 Å². The lowest BCUT2D eigenvalue weighted by molar-refractivity contribution is 0.0844. The molecule has 9 heteroatoms. The monoisotopic (exact) mass is 237 g/mol. The molecule has 0 amide bonds. The van der Waals surface area contributed by atoms with Gasteiger partial charge in [-0.3, -0.25) is 0 Å². The van der Waals surface area contributed by atoms with Gasteiger partial charge in [-0.2, -0.15) is 0 Å². The van der Waals surface area contributed by atoms with Crippen molar-refractivity contribution in [2.75, 3.05) is 0 Å². The molecule has 2 unspecified atom stereocenters. The first kappa shape index (κ1) is 13.2. The maximum absolute atomic E-state index is 6.03. The van der Waals surface area contributed by atoms with Crippen molar-refractivity contribution < 1.29 is 9.47 Å². The van der Waals surface area contributed by atoms with E-state index in [0.29, 0.717) is 11.1 Å². The van der Waals surface area contributed by atoms with E-state index in [1.165, 1.54) is 0 Å². The van der Waals surface area contributed by atoms with Crippen LogP contribution in [0.15, 0.2) is 0 Å². The van der Waals surface area contributed by atoms with E-state index in [4.69, 9.17) is 62.3 Å². The second-order valence-corrected chi connectivity index (χ2v) is 4.87. The van der Waals surface area contributed by atoms with Crippen molar-refractivity contribution in [3.05, 3.63) is 11.1 Å². The molecule has 1 aliphatic carbocycles. The molecule has 2 N–H and O–H groups in total. The molecule has 1 heterocycles. The van der Waals surface area contributed by atoms with Crippen LogP contribution in [0, 0.1) is 0 Å². The fourth-order valence-electron chi connectivity index (χ4n) is 2.65. The Hall–Kier alpha value is -0.830. The van der Waals surface area contributed by atoms with Crippen LogP contribution in [0.1, 0.15) is 22.8 Å². The highest BCUT2D eigenvalue weighted by Crippen LogP contribution is 2.43. The van der Waals surface area contributed by atoms with E-state index in [9.17, 15) is 0 Å². The summed E-state index contributed by atoms with van der Waals surface area (Å²) < 4.78 is 10.5. The summed E-state index contributed by atoms with van der Waals surface area (Å²) >= 11 is 0. The van der Waals surface area contributed by atoms with Gasteiger partial charge < -0.3 is 15.2 Å². The largest absolute Gasteiger partial charge is 0.469 e. The smallest absolute Gasteiger partial charge is 0.175 e. The quantitative estimate of drug-likeness (QED) is 0.481. The predicted molar refractivity (Wildman–Crippen MR) is 77.7 cm³/mol. The Labute approximate surface area is 119 Å². The third-order valence-electron chi connectivity index (χ3n) is 3.59. The summed E-state index contributed by atoms with van der Waals surface area (Å²) in [4.78, 5) is 0. The van der Waals surface area contributed by atoms with Gasteiger partial charge in [0.25, 0.3) is 0 Å². The van der Waals surface area contributed by atoms with Gasteiger partial charge in [-0.25, -0.2) is 0 Å². The minimum atomic E-state index is -1.81. The minimum Gasteiger partial charge on any atom is -0.469 e. The van der Waals surface area contributed by atoms with E-state index >= 15 is 0 Å². The van der Waals surface area contributed by atoms with Crippen molar-refractivity contribution in [3.63, 3.8) is 0 Å². The average Bonchev–Trinajstić information content (AvgIpc) is 2.77. The molecule has 1 aliphatic heterocycles.